The summed E-state index contributed by atoms with van der Waals surface area (Å²) in [5, 5.41) is 6.51. The fraction of sp³-hybridized carbons (Fsp3) is 0.692. The summed E-state index contributed by atoms with van der Waals surface area (Å²) >= 11 is 0. The lowest BCUT2D eigenvalue weighted by atomic mass is 9.75. The number of carbonyl (C=O) groups is 1. The Morgan fingerprint density at radius 2 is 2.12 bits per heavy atom. The maximum absolute atomic E-state index is 12.1. The summed E-state index contributed by atoms with van der Waals surface area (Å²) in [6.07, 6.45) is 7.85. The van der Waals surface area contributed by atoms with Crippen LogP contribution in [0.25, 0.3) is 0 Å². The third-order valence-corrected chi connectivity index (χ3v) is 3.92. The van der Waals surface area contributed by atoms with Gasteiger partial charge in [0, 0.05) is 19.3 Å². The molecular weight excluding hydrogens is 214 g/mol. The van der Waals surface area contributed by atoms with Crippen molar-refractivity contribution < 1.29 is 4.79 Å². The lowest BCUT2D eigenvalue weighted by Gasteiger charge is -2.38. The Morgan fingerprint density at radius 3 is 2.65 bits per heavy atom. The first-order valence-electron chi connectivity index (χ1n) is 6.25. The Balaban J connectivity index is 1.97. The van der Waals surface area contributed by atoms with Crippen molar-refractivity contribution in [3.63, 3.8) is 0 Å². The number of aromatic amines is 1. The van der Waals surface area contributed by atoms with Gasteiger partial charge in [0.1, 0.15) is 0 Å². The number of nitrogens with one attached hydrogen (secondary N) is 1. The third-order valence-electron chi connectivity index (χ3n) is 3.92. The number of carbonyl (C=O) groups excluding carboxylic acids is 1. The maximum atomic E-state index is 12.1. The Bertz CT molecular complexity index is 373. The highest BCUT2D eigenvalue weighted by atomic mass is 16.2. The van der Waals surface area contributed by atoms with Crippen molar-refractivity contribution in [2.75, 3.05) is 7.05 Å². The number of amides is 1. The van der Waals surface area contributed by atoms with E-state index in [2.05, 4.69) is 24.0 Å². The lowest BCUT2D eigenvalue weighted by Crippen LogP contribution is -2.40. The molecule has 1 aliphatic rings. The zero-order valence-electron chi connectivity index (χ0n) is 10.9. The summed E-state index contributed by atoms with van der Waals surface area (Å²) < 4.78 is 0. The largest absolute Gasteiger partial charge is 0.339 e. The molecule has 1 heterocycles. The quantitative estimate of drug-likeness (QED) is 0.856. The van der Waals surface area contributed by atoms with E-state index < -0.39 is 0 Å². The van der Waals surface area contributed by atoms with Crippen LogP contribution >= 0.6 is 0 Å². The molecule has 1 fully saturated rings. The summed E-state index contributed by atoms with van der Waals surface area (Å²) in [5.74, 6) is 0.0726. The molecule has 0 aliphatic heterocycles. The fourth-order valence-corrected chi connectivity index (χ4v) is 2.51. The van der Waals surface area contributed by atoms with Crippen molar-refractivity contribution in [2.45, 2.75) is 45.6 Å². The van der Waals surface area contributed by atoms with E-state index in [0.29, 0.717) is 17.0 Å². The number of H-pyrrole nitrogens is 1. The predicted octanol–water partition coefficient (Wildman–Crippen LogP) is 2.45. The summed E-state index contributed by atoms with van der Waals surface area (Å²) in [5.41, 5.74) is 1.09. The molecular formula is C13H21N3O. The Morgan fingerprint density at radius 1 is 1.47 bits per heavy atom. The van der Waals surface area contributed by atoms with E-state index in [9.17, 15) is 4.79 Å². The molecule has 1 N–H and O–H groups in total. The molecule has 94 valence electrons. The molecule has 1 amide bonds. The zero-order chi connectivity index (χ0) is 12.5. The van der Waals surface area contributed by atoms with Crippen LogP contribution in [0.3, 0.4) is 0 Å². The highest BCUT2D eigenvalue weighted by Gasteiger charge is 2.30. The number of nitrogens with zero attached hydrogens (tertiary/aromatic N) is 2. The van der Waals surface area contributed by atoms with Crippen LogP contribution in [0.1, 0.15) is 49.9 Å². The van der Waals surface area contributed by atoms with Crippen molar-refractivity contribution in [1.29, 1.82) is 0 Å². The van der Waals surface area contributed by atoms with Crippen LogP contribution in [0.5, 0.6) is 0 Å². The standard InChI is InChI=1S/C13H21N3O/c1-13(2)6-4-11(5-7-13)16(3)12(17)10-8-14-15-9-10/h8-9,11H,4-7H2,1-3H3,(H,14,15). The van der Waals surface area contributed by atoms with Crippen molar-refractivity contribution >= 4 is 5.91 Å². The van der Waals surface area contributed by atoms with Gasteiger partial charge in [0.25, 0.3) is 5.91 Å². The van der Waals surface area contributed by atoms with Crippen LogP contribution in [0.2, 0.25) is 0 Å². The summed E-state index contributed by atoms with van der Waals surface area (Å²) in [7, 11) is 1.90. The average Bonchev–Trinajstić information content (AvgIpc) is 2.80. The monoisotopic (exact) mass is 235 g/mol. The smallest absolute Gasteiger partial charge is 0.257 e. The van der Waals surface area contributed by atoms with Crippen LogP contribution in [-0.2, 0) is 0 Å². The summed E-state index contributed by atoms with van der Waals surface area (Å²) in [6.45, 7) is 4.61. The molecule has 0 saturated heterocycles. The zero-order valence-corrected chi connectivity index (χ0v) is 10.9. The summed E-state index contributed by atoms with van der Waals surface area (Å²) in [4.78, 5) is 14.0. The predicted molar refractivity (Wildman–Crippen MR) is 66.7 cm³/mol. The second-order valence-corrected chi connectivity index (χ2v) is 5.80. The minimum atomic E-state index is 0.0726. The molecule has 4 nitrogen and oxygen atoms in total. The van der Waals surface area contributed by atoms with Gasteiger partial charge in [-0.2, -0.15) is 5.10 Å². The van der Waals surface area contributed by atoms with Gasteiger partial charge in [-0.15, -0.1) is 0 Å². The SMILES string of the molecule is CN(C(=O)c1cn[nH]c1)C1CCC(C)(C)CC1. The van der Waals surface area contributed by atoms with E-state index in [1.165, 1.54) is 12.8 Å². The van der Waals surface area contributed by atoms with E-state index in [0.717, 1.165) is 12.8 Å². The first-order valence-corrected chi connectivity index (χ1v) is 6.25. The molecule has 17 heavy (non-hydrogen) atoms. The van der Waals surface area contributed by atoms with Crippen LogP contribution in [-0.4, -0.2) is 34.1 Å². The topological polar surface area (TPSA) is 49.0 Å². The minimum absolute atomic E-state index is 0.0726. The number of rotatable bonds is 2. The molecule has 0 aromatic carbocycles. The van der Waals surface area contributed by atoms with Crippen molar-refractivity contribution in [3.8, 4) is 0 Å². The van der Waals surface area contributed by atoms with Gasteiger partial charge in [0.2, 0.25) is 0 Å². The Labute approximate surface area is 102 Å². The average molecular weight is 235 g/mol. The second-order valence-electron chi connectivity index (χ2n) is 5.80. The van der Waals surface area contributed by atoms with E-state index in [1.807, 2.05) is 11.9 Å². The highest BCUT2D eigenvalue weighted by Crippen LogP contribution is 2.36. The molecule has 2 rings (SSSR count). The molecule has 1 saturated carbocycles. The minimum Gasteiger partial charge on any atom is -0.339 e. The second kappa shape index (κ2) is 4.51. The molecule has 0 unspecified atom stereocenters. The van der Waals surface area contributed by atoms with Gasteiger partial charge in [-0.1, -0.05) is 13.8 Å². The van der Waals surface area contributed by atoms with Crippen molar-refractivity contribution in [1.82, 2.24) is 15.1 Å². The van der Waals surface area contributed by atoms with E-state index >= 15 is 0 Å². The van der Waals surface area contributed by atoms with Gasteiger partial charge in [-0.25, -0.2) is 0 Å². The Hall–Kier alpha value is -1.32. The van der Waals surface area contributed by atoms with Gasteiger partial charge in [-0.3, -0.25) is 9.89 Å². The number of hydrogen-bond acceptors (Lipinski definition) is 2. The van der Waals surface area contributed by atoms with Gasteiger partial charge >= 0.3 is 0 Å². The normalized spacial score (nSPS) is 20.2. The van der Waals surface area contributed by atoms with Gasteiger partial charge in [-0.05, 0) is 31.1 Å². The van der Waals surface area contributed by atoms with Crippen LogP contribution < -0.4 is 0 Å². The number of hydrogen-bond donors (Lipinski definition) is 1. The third kappa shape index (κ3) is 2.68. The first-order chi connectivity index (χ1) is 7.99. The van der Waals surface area contributed by atoms with Crippen LogP contribution in [0.4, 0.5) is 0 Å². The highest BCUT2D eigenvalue weighted by molar-refractivity contribution is 5.93. The van der Waals surface area contributed by atoms with Crippen LogP contribution in [0, 0.1) is 5.41 Å². The van der Waals surface area contributed by atoms with Crippen LogP contribution in [0.15, 0.2) is 12.4 Å². The van der Waals surface area contributed by atoms with E-state index in [4.69, 9.17) is 0 Å². The molecule has 0 spiro atoms. The van der Waals surface area contributed by atoms with E-state index in [-0.39, 0.29) is 5.91 Å². The van der Waals surface area contributed by atoms with Crippen molar-refractivity contribution in [3.05, 3.63) is 18.0 Å². The Kier molecular flexibility index (Phi) is 3.22. The van der Waals surface area contributed by atoms with Gasteiger partial charge in [0.15, 0.2) is 0 Å². The fourth-order valence-electron chi connectivity index (χ4n) is 2.51. The molecule has 1 aromatic heterocycles. The molecule has 4 heteroatoms. The first kappa shape index (κ1) is 12.1. The van der Waals surface area contributed by atoms with Gasteiger partial charge < -0.3 is 4.90 Å². The molecule has 1 aromatic rings. The molecule has 1 aliphatic carbocycles. The van der Waals surface area contributed by atoms with E-state index in [1.54, 1.807) is 12.4 Å². The van der Waals surface area contributed by atoms with Crippen molar-refractivity contribution in [2.24, 2.45) is 5.41 Å². The number of aromatic nitrogens is 2. The lowest BCUT2D eigenvalue weighted by molar-refractivity contribution is 0.0635. The molecule has 0 bridgehead atoms. The molecule has 0 atom stereocenters. The molecule has 0 radical (unpaired) electrons. The maximum Gasteiger partial charge on any atom is 0.257 e. The summed E-state index contributed by atoms with van der Waals surface area (Å²) in [6, 6.07) is 0.380. The van der Waals surface area contributed by atoms with Gasteiger partial charge in [0.05, 0.1) is 11.8 Å².